The summed E-state index contributed by atoms with van der Waals surface area (Å²) in [5, 5.41) is 17.0. The fourth-order valence-electron chi connectivity index (χ4n) is 5.48. The van der Waals surface area contributed by atoms with Crippen LogP contribution in [0.2, 0.25) is 0 Å². The summed E-state index contributed by atoms with van der Waals surface area (Å²) in [5.74, 6) is 0.589. The molecule has 0 saturated carbocycles. The van der Waals surface area contributed by atoms with Crippen molar-refractivity contribution >= 4 is 24.0 Å². The van der Waals surface area contributed by atoms with Crippen LogP contribution in [-0.4, -0.2) is 89.4 Å². The van der Waals surface area contributed by atoms with E-state index in [4.69, 9.17) is 14.2 Å². The molecule has 2 atom stereocenters. The Hall–Kier alpha value is -5.34. The second kappa shape index (κ2) is 14.2. The van der Waals surface area contributed by atoms with Crippen molar-refractivity contribution < 1.29 is 28.6 Å². The molecule has 0 N–H and O–H groups in total. The third kappa shape index (κ3) is 7.61. The van der Waals surface area contributed by atoms with Crippen LogP contribution in [0, 0.1) is 6.92 Å². The minimum Gasteiger partial charge on any atom is -0.444 e. The fraction of sp³-hybridized carbons (Fsp3) is 0.455. The van der Waals surface area contributed by atoms with Gasteiger partial charge in [0.15, 0.2) is 0 Å². The standard InChI is InChI=1S/C33H41N9O6/c1-8-46-32(45)47-22(3)42-37-28(36-38-42)27-26(19-35-39(27)7)23-13-15-24(16-14-23)30(43)41(29-21(2)11-9-17-34-29)25-12-10-18-40(20-25)31(44)48-33(4,5)6/h9,11,13-17,19,22,25H,8,10,12,18,20H2,1-7H3. The quantitative estimate of drug-likeness (QED) is 0.229. The Bertz CT molecular complexity index is 1760. The van der Waals surface area contributed by atoms with Crippen molar-refractivity contribution in [3.8, 4) is 22.6 Å². The van der Waals surface area contributed by atoms with Crippen molar-refractivity contribution in [2.45, 2.75) is 72.3 Å². The Balaban J connectivity index is 1.40. The predicted molar refractivity (Wildman–Crippen MR) is 175 cm³/mol. The normalized spacial score (nSPS) is 15.5. The van der Waals surface area contributed by atoms with Gasteiger partial charge in [0.25, 0.3) is 5.91 Å². The Morgan fingerprint density at radius 2 is 1.88 bits per heavy atom. The highest BCUT2D eigenvalue weighted by Gasteiger charge is 2.35. The number of aromatic nitrogens is 7. The van der Waals surface area contributed by atoms with Crippen molar-refractivity contribution in [1.29, 1.82) is 0 Å². The molecule has 3 aromatic heterocycles. The molecule has 0 bridgehead atoms. The summed E-state index contributed by atoms with van der Waals surface area (Å²) in [7, 11) is 1.76. The van der Waals surface area contributed by atoms with E-state index in [0.29, 0.717) is 48.6 Å². The van der Waals surface area contributed by atoms with Gasteiger partial charge in [0, 0.05) is 37.5 Å². The number of amides is 2. The first-order valence-corrected chi connectivity index (χ1v) is 15.8. The van der Waals surface area contributed by atoms with Crippen molar-refractivity contribution in [3.05, 3.63) is 59.9 Å². The van der Waals surface area contributed by atoms with E-state index in [-0.39, 0.29) is 24.4 Å². The SMILES string of the molecule is CCOC(=O)OC(C)n1nnc(-c2c(-c3ccc(C(=O)N(c4ncccc4C)C4CCCN(C(=O)OC(C)(C)C)C4)cc3)cnn2C)n1. The number of carbonyl (C=O) groups is 3. The van der Waals surface area contributed by atoms with E-state index in [1.54, 1.807) is 59.9 Å². The predicted octanol–water partition coefficient (Wildman–Crippen LogP) is 5.18. The van der Waals surface area contributed by atoms with Crippen LogP contribution in [0.1, 0.15) is 69.6 Å². The van der Waals surface area contributed by atoms with Crippen LogP contribution in [0.5, 0.6) is 0 Å². The number of piperidine rings is 1. The number of hydrogen-bond acceptors (Lipinski definition) is 11. The van der Waals surface area contributed by atoms with Gasteiger partial charge in [0.05, 0.1) is 18.8 Å². The smallest absolute Gasteiger partial charge is 0.444 e. The lowest BCUT2D eigenvalue weighted by molar-refractivity contribution is -0.00517. The summed E-state index contributed by atoms with van der Waals surface area (Å²) in [6.45, 7) is 11.8. The molecule has 15 nitrogen and oxygen atoms in total. The molecule has 2 unspecified atom stereocenters. The summed E-state index contributed by atoms with van der Waals surface area (Å²) >= 11 is 0. The van der Waals surface area contributed by atoms with Gasteiger partial charge in [0.1, 0.15) is 17.1 Å². The molecule has 2 amide bonds. The molecular formula is C33H41N9O6. The third-order valence-electron chi connectivity index (χ3n) is 7.72. The first-order valence-electron chi connectivity index (χ1n) is 15.8. The van der Waals surface area contributed by atoms with Gasteiger partial charge in [-0.2, -0.15) is 5.10 Å². The monoisotopic (exact) mass is 659 g/mol. The van der Waals surface area contributed by atoms with Crippen LogP contribution in [-0.2, 0) is 21.3 Å². The van der Waals surface area contributed by atoms with Gasteiger partial charge in [-0.25, -0.2) is 14.6 Å². The van der Waals surface area contributed by atoms with Crippen LogP contribution < -0.4 is 4.90 Å². The van der Waals surface area contributed by atoms with E-state index in [0.717, 1.165) is 11.1 Å². The summed E-state index contributed by atoms with van der Waals surface area (Å²) in [5.41, 5.74) is 2.75. The van der Waals surface area contributed by atoms with E-state index < -0.39 is 24.1 Å². The molecule has 0 spiro atoms. The highest BCUT2D eigenvalue weighted by molar-refractivity contribution is 6.06. The Morgan fingerprint density at radius 3 is 2.56 bits per heavy atom. The first kappa shape index (κ1) is 34.0. The number of anilines is 1. The first-order chi connectivity index (χ1) is 22.9. The van der Waals surface area contributed by atoms with Gasteiger partial charge in [0.2, 0.25) is 12.1 Å². The molecule has 5 rings (SSSR count). The number of ether oxygens (including phenoxy) is 3. The van der Waals surface area contributed by atoms with E-state index in [1.807, 2.05) is 52.0 Å². The van der Waals surface area contributed by atoms with Gasteiger partial charge in [-0.1, -0.05) is 18.2 Å². The van der Waals surface area contributed by atoms with Gasteiger partial charge in [-0.15, -0.1) is 15.0 Å². The molecular weight excluding hydrogens is 618 g/mol. The van der Waals surface area contributed by atoms with E-state index in [1.165, 1.54) is 4.80 Å². The van der Waals surface area contributed by atoms with Crippen LogP contribution in [0.25, 0.3) is 22.6 Å². The Labute approximate surface area is 278 Å². The van der Waals surface area contributed by atoms with Gasteiger partial charge >= 0.3 is 12.2 Å². The molecule has 4 aromatic rings. The number of likely N-dealkylation sites (tertiary alicyclic amines) is 1. The molecule has 1 saturated heterocycles. The molecule has 0 radical (unpaired) electrons. The number of hydrogen-bond donors (Lipinski definition) is 0. The molecule has 1 aliphatic heterocycles. The number of pyridine rings is 1. The lowest BCUT2D eigenvalue weighted by atomic mass is 10.0. The van der Waals surface area contributed by atoms with Crippen LogP contribution >= 0.6 is 0 Å². The molecule has 1 aliphatic rings. The van der Waals surface area contributed by atoms with Crippen molar-refractivity contribution in [2.75, 3.05) is 24.6 Å². The average molecular weight is 660 g/mol. The molecule has 1 fully saturated rings. The minimum absolute atomic E-state index is 0.179. The number of nitrogens with zero attached hydrogens (tertiary/aromatic N) is 9. The second-order valence-electron chi connectivity index (χ2n) is 12.5. The average Bonchev–Trinajstić information content (AvgIpc) is 3.68. The van der Waals surface area contributed by atoms with E-state index in [9.17, 15) is 14.4 Å². The van der Waals surface area contributed by atoms with Crippen molar-refractivity contribution in [3.63, 3.8) is 0 Å². The molecule has 0 aliphatic carbocycles. The number of rotatable bonds is 8. The van der Waals surface area contributed by atoms with Crippen LogP contribution in [0.15, 0.2) is 48.8 Å². The topological polar surface area (TPSA) is 160 Å². The maximum absolute atomic E-state index is 14.3. The Kier molecular flexibility index (Phi) is 10.1. The van der Waals surface area contributed by atoms with Crippen LogP contribution in [0.4, 0.5) is 15.4 Å². The Morgan fingerprint density at radius 1 is 1.12 bits per heavy atom. The van der Waals surface area contributed by atoms with E-state index >= 15 is 0 Å². The zero-order valence-electron chi connectivity index (χ0n) is 28.3. The number of tetrazole rings is 1. The molecule has 4 heterocycles. The summed E-state index contributed by atoms with van der Waals surface area (Å²) in [6.07, 6.45) is 2.69. The van der Waals surface area contributed by atoms with Crippen molar-refractivity contribution in [1.82, 2.24) is 39.9 Å². The largest absolute Gasteiger partial charge is 0.510 e. The van der Waals surface area contributed by atoms with Gasteiger partial charge < -0.3 is 19.1 Å². The maximum atomic E-state index is 14.3. The fourth-order valence-corrected chi connectivity index (χ4v) is 5.48. The zero-order valence-corrected chi connectivity index (χ0v) is 28.3. The molecule has 48 heavy (non-hydrogen) atoms. The summed E-state index contributed by atoms with van der Waals surface area (Å²) in [4.78, 5) is 48.1. The summed E-state index contributed by atoms with van der Waals surface area (Å²) in [6, 6.07) is 10.6. The number of carbonyl (C=O) groups excluding carboxylic acids is 3. The zero-order chi connectivity index (χ0) is 34.6. The third-order valence-corrected chi connectivity index (χ3v) is 7.72. The lowest BCUT2D eigenvalue weighted by Crippen LogP contribution is -2.53. The lowest BCUT2D eigenvalue weighted by Gasteiger charge is -2.39. The highest BCUT2D eigenvalue weighted by atomic mass is 16.7. The minimum atomic E-state index is -0.849. The highest BCUT2D eigenvalue weighted by Crippen LogP contribution is 2.31. The summed E-state index contributed by atoms with van der Waals surface area (Å²) < 4.78 is 17.3. The second-order valence-corrected chi connectivity index (χ2v) is 12.5. The van der Waals surface area contributed by atoms with Gasteiger partial charge in [-0.05, 0) is 88.9 Å². The molecule has 15 heteroatoms. The van der Waals surface area contributed by atoms with Crippen LogP contribution in [0.3, 0.4) is 0 Å². The molecule has 1 aromatic carbocycles. The molecule has 254 valence electrons. The van der Waals surface area contributed by atoms with Gasteiger partial charge in [-0.3, -0.25) is 14.4 Å². The number of aryl methyl sites for hydroxylation is 2. The maximum Gasteiger partial charge on any atom is 0.510 e. The van der Waals surface area contributed by atoms with Crippen molar-refractivity contribution in [2.24, 2.45) is 7.05 Å². The number of benzene rings is 1. The van der Waals surface area contributed by atoms with E-state index in [2.05, 4.69) is 25.5 Å².